The normalized spacial score (nSPS) is 12.3. The number of carbonyl (C=O) groups excluding carboxylic acids is 1. The van der Waals surface area contributed by atoms with E-state index < -0.39 is 0 Å². The van der Waals surface area contributed by atoms with E-state index in [9.17, 15) is 4.79 Å². The number of H-pyrrole nitrogens is 2. The Morgan fingerprint density at radius 3 is 2.93 bits per heavy atom. The second kappa shape index (κ2) is 4.00. The van der Waals surface area contributed by atoms with Crippen molar-refractivity contribution in [1.29, 1.82) is 0 Å². The van der Waals surface area contributed by atoms with E-state index in [1.807, 2.05) is 6.92 Å². The molecular weight excluding hydrogens is 192 g/mol. The minimum Gasteiger partial charge on any atom is -0.357 e. The molecule has 0 saturated carbocycles. The second-order valence-corrected chi connectivity index (χ2v) is 3.25. The minimum atomic E-state index is -0.135. The van der Waals surface area contributed by atoms with Gasteiger partial charge >= 0.3 is 0 Å². The Morgan fingerprint density at radius 1 is 1.47 bits per heavy atom. The Morgan fingerprint density at radius 2 is 2.33 bits per heavy atom. The van der Waals surface area contributed by atoms with Gasteiger partial charge in [-0.3, -0.25) is 4.79 Å². The van der Waals surface area contributed by atoms with Crippen LogP contribution >= 0.6 is 0 Å². The SMILES string of the molecule is C[C@H](NC(=O)c1ccc[nH]1)c1ncc[nH]1. The maximum Gasteiger partial charge on any atom is 0.268 e. The third-order valence-corrected chi connectivity index (χ3v) is 2.12. The van der Waals surface area contributed by atoms with Gasteiger partial charge in [-0.05, 0) is 19.1 Å². The number of carbonyl (C=O) groups is 1. The number of aromatic nitrogens is 3. The molecule has 0 spiro atoms. The molecule has 0 aromatic carbocycles. The Kier molecular flexibility index (Phi) is 2.53. The summed E-state index contributed by atoms with van der Waals surface area (Å²) in [5, 5.41) is 2.82. The van der Waals surface area contributed by atoms with Crippen molar-refractivity contribution < 1.29 is 4.79 Å². The highest BCUT2D eigenvalue weighted by Crippen LogP contribution is 2.06. The van der Waals surface area contributed by atoms with E-state index in [0.717, 1.165) is 5.82 Å². The molecule has 0 radical (unpaired) electrons. The van der Waals surface area contributed by atoms with Crippen molar-refractivity contribution in [3.8, 4) is 0 Å². The zero-order valence-electron chi connectivity index (χ0n) is 8.32. The number of nitrogens with one attached hydrogen (secondary N) is 3. The molecule has 5 heteroatoms. The van der Waals surface area contributed by atoms with E-state index in [4.69, 9.17) is 0 Å². The van der Waals surface area contributed by atoms with Crippen LogP contribution in [0.15, 0.2) is 30.7 Å². The standard InChI is InChI=1S/C10H12N4O/c1-7(9-12-5-6-13-9)14-10(15)8-3-2-4-11-8/h2-7,11H,1H3,(H,12,13)(H,14,15)/t7-/m0/s1. The summed E-state index contributed by atoms with van der Waals surface area (Å²) in [5.41, 5.74) is 0.549. The van der Waals surface area contributed by atoms with Gasteiger partial charge in [0.15, 0.2) is 0 Å². The number of aromatic amines is 2. The van der Waals surface area contributed by atoms with Crippen LogP contribution in [0.4, 0.5) is 0 Å². The number of amides is 1. The molecule has 0 aliphatic carbocycles. The molecule has 5 nitrogen and oxygen atoms in total. The zero-order valence-corrected chi connectivity index (χ0v) is 8.32. The largest absolute Gasteiger partial charge is 0.357 e. The predicted octanol–water partition coefficient (Wildman–Crippen LogP) is 1.23. The molecular formula is C10H12N4O. The minimum absolute atomic E-state index is 0.129. The molecule has 0 bridgehead atoms. The van der Waals surface area contributed by atoms with Crippen molar-refractivity contribution in [1.82, 2.24) is 20.3 Å². The van der Waals surface area contributed by atoms with Crippen molar-refractivity contribution in [2.24, 2.45) is 0 Å². The van der Waals surface area contributed by atoms with Crippen LogP contribution in [0.5, 0.6) is 0 Å². The molecule has 1 amide bonds. The monoisotopic (exact) mass is 204 g/mol. The first-order valence-corrected chi connectivity index (χ1v) is 4.71. The lowest BCUT2D eigenvalue weighted by atomic mass is 10.3. The Bertz CT molecular complexity index is 418. The maximum absolute atomic E-state index is 11.6. The van der Waals surface area contributed by atoms with Crippen LogP contribution in [0.25, 0.3) is 0 Å². The first kappa shape index (κ1) is 9.51. The smallest absolute Gasteiger partial charge is 0.268 e. The van der Waals surface area contributed by atoms with Crippen molar-refractivity contribution in [2.45, 2.75) is 13.0 Å². The summed E-state index contributed by atoms with van der Waals surface area (Å²) in [6.07, 6.45) is 5.10. The highest BCUT2D eigenvalue weighted by Gasteiger charge is 2.12. The van der Waals surface area contributed by atoms with E-state index in [-0.39, 0.29) is 11.9 Å². The Balaban J connectivity index is 2.01. The van der Waals surface area contributed by atoms with Gasteiger partial charge in [0.05, 0.1) is 6.04 Å². The van der Waals surface area contributed by atoms with Gasteiger partial charge in [-0.1, -0.05) is 0 Å². The van der Waals surface area contributed by atoms with E-state index in [0.29, 0.717) is 5.69 Å². The summed E-state index contributed by atoms with van der Waals surface area (Å²) in [6, 6.07) is 3.38. The van der Waals surface area contributed by atoms with Crippen molar-refractivity contribution >= 4 is 5.91 Å². The molecule has 2 rings (SSSR count). The molecule has 2 aromatic heterocycles. The topological polar surface area (TPSA) is 73.6 Å². The Hall–Kier alpha value is -2.04. The van der Waals surface area contributed by atoms with Crippen LogP contribution in [-0.4, -0.2) is 20.9 Å². The molecule has 1 atom stereocenters. The maximum atomic E-state index is 11.6. The quantitative estimate of drug-likeness (QED) is 0.703. The third kappa shape index (κ3) is 2.07. The molecule has 2 aromatic rings. The van der Waals surface area contributed by atoms with Gasteiger partial charge < -0.3 is 15.3 Å². The summed E-state index contributed by atoms with van der Waals surface area (Å²) in [4.78, 5) is 21.5. The molecule has 2 heterocycles. The van der Waals surface area contributed by atoms with E-state index in [2.05, 4.69) is 20.3 Å². The van der Waals surface area contributed by atoms with E-state index in [1.54, 1.807) is 30.7 Å². The van der Waals surface area contributed by atoms with Crippen LogP contribution < -0.4 is 5.32 Å². The van der Waals surface area contributed by atoms with Crippen LogP contribution in [0, 0.1) is 0 Å². The van der Waals surface area contributed by atoms with Crippen molar-refractivity contribution in [3.63, 3.8) is 0 Å². The number of nitrogens with zero attached hydrogens (tertiary/aromatic N) is 1. The first-order chi connectivity index (χ1) is 7.27. The fourth-order valence-electron chi connectivity index (χ4n) is 1.33. The highest BCUT2D eigenvalue weighted by atomic mass is 16.1. The lowest BCUT2D eigenvalue weighted by Gasteiger charge is -2.10. The molecule has 0 unspecified atom stereocenters. The van der Waals surface area contributed by atoms with E-state index in [1.165, 1.54) is 0 Å². The van der Waals surface area contributed by atoms with Crippen LogP contribution in [0.1, 0.15) is 29.3 Å². The first-order valence-electron chi connectivity index (χ1n) is 4.71. The predicted molar refractivity (Wildman–Crippen MR) is 55.3 cm³/mol. The highest BCUT2D eigenvalue weighted by molar-refractivity contribution is 5.92. The summed E-state index contributed by atoms with van der Waals surface area (Å²) in [5.74, 6) is 0.610. The second-order valence-electron chi connectivity index (χ2n) is 3.25. The summed E-state index contributed by atoms with van der Waals surface area (Å²) in [7, 11) is 0. The number of hydrogen-bond acceptors (Lipinski definition) is 2. The fourth-order valence-corrected chi connectivity index (χ4v) is 1.33. The molecule has 0 fully saturated rings. The van der Waals surface area contributed by atoms with Gasteiger partial charge in [0, 0.05) is 18.6 Å². The lowest BCUT2D eigenvalue weighted by molar-refractivity contribution is 0.0934. The third-order valence-electron chi connectivity index (χ3n) is 2.12. The average molecular weight is 204 g/mol. The fraction of sp³-hybridized carbons (Fsp3) is 0.200. The summed E-state index contributed by atoms with van der Waals surface area (Å²) < 4.78 is 0. The van der Waals surface area contributed by atoms with Gasteiger partial charge in [-0.2, -0.15) is 0 Å². The number of rotatable bonds is 3. The molecule has 78 valence electrons. The zero-order chi connectivity index (χ0) is 10.7. The van der Waals surface area contributed by atoms with Crippen LogP contribution in [0.2, 0.25) is 0 Å². The number of hydrogen-bond donors (Lipinski definition) is 3. The molecule has 15 heavy (non-hydrogen) atoms. The van der Waals surface area contributed by atoms with E-state index >= 15 is 0 Å². The molecule has 0 saturated heterocycles. The van der Waals surface area contributed by atoms with Gasteiger partial charge in [0.25, 0.3) is 5.91 Å². The summed E-state index contributed by atoms with van der Waals surface area (Å²) >= 11 is 0. The van der Waals surface area contributed by atoms with Crippen molar-refractivity contribution in [2.75, 3.05) is 0 Å². The molecule has 0 aliphatic heterocycles. The van der Waals surface area contributed by atoms with Gasteiger partial charge in [0.2, 0.25) is 0 Å². The average Bonchev–Trinajstić information content (AvgIpc) is 2.91. The van der Waals surface area contributed by atoms with Crippen molar-refractivity contribution in [3.05, 3.63) is 42.2 Å². The Labute approximate surface area is 86.9 Å². The number of imidazole rings is 1. The molecule has 3 N–H and O–H groups in total. The van der Waals surface area contributed by atoms with Gasteiger partial charge in [-0.25, -0.2) is 4.98 Å². The van der Waals surface area contributed by atoms with Crippen LogP contribution in [0.3, 0.4) is 0 Å². The summed E-state index contributed by atoms with van der Waals surface area (Å²) in [6.45, 7) is 1.87. The molecule has 0 aliphatic rings. The van der Waals surface area contributed by atoms with Gasteiger partial charge in [0.1, 0.15) is 11.5 Å². The van der Waals surface area contributed by atoms with Crippen LogP contribution in [-0.2, 0) is 0 Å². The van der Waals surface area contributed by atoms with Gasteiger partial charge in [-0.15, -0.1) is 0 Å². The lowest BCUT2D eigenvalue weighted by Crippen LogP contribution is -2.27.